The Morgan fingerprint density at radius 2 is 1.67 bits per heavy atom. The predicted molar refractivity (Wildman–Crippen MR) is 98.1 cm³/mol. The van der Waals surface area contributed by atoms with Crippen LogP contribution in [0.15, 0.2) is 18.2 Å². The summed E-state index contributed by atoms with van der Waals surface area (Å²) in [6.45, 7) is 3.55. The Balaban J connectivity index is 2.02. The van der Waals surface area contributed by atoms with E-state index in [1.807, 2.05) is 0 Å². The summed E-state index contributed by atoms with van der Waals surface area (Å²) in [5.74, 6) is 0.566. The van der Waals surface area contributed by atoms with Gasteiger partial charge in [-0.2, -0.15) is 0 Å². The minimum Gasteiger partial charge on any atom is -0.493 e. The molecule has 1 aromatic rings. The second-order valence-electron chi connectivity index (χ2n) is 5.81. The maximum Gasteiger partial charge on any atom is 0.331 e. The molecule has 1 aliphatic rings. The molecule has 1 fully saturated rings. The molecule has 8 nitrogen and oxygen atoms in total. The molecule has 0 spiro atoms. The molecule has 8 heteroatoms. The summed E-state index contributed by atoms with van der Waals surface area (Å²) in [5.41, 5.74) is 0.661. The molecule has 0 radical (unpaired) electrons. The molecule has 0 N–H and O–H groups in total. The Bertz CT molecular complexity index is 670. The Labute approximate surface area is 158 Å². The van der Waals surface area contributed by atoms with E-state index < -0.39 is 12.1 Å². The van der Waals surface area contributed by atoms with Crippen LogP contribution in [0.25, 0.3) is 6.08 Å². The van der Waals surface area contributed by atoms with Crippen LogP contribution in [-0.2, 0) is 19.1 Å². The lowest BCUT2D eigenvalue weighted by atomic mass is 10.1. The van der Waals surface area contributed by atoms with Crippen molar-refractivity contribution in [3.05, 3.63) is 23.8 Å². The number of carbonyl (C=O) groups excluding carboxylic acids is 2. The van der Waals surface area contributed by atoms with Crippen LogP contribution in [0.5, 0.6) is 17.2 Å². The van der Waals surface area contributed by atoms with Crippen molar-refractivity contribution < 1.29 is 33.3 Å². The van der Waals surface area contributed by atoms with E-state index in [2.05, 4.69) is 0 Å². The van der Waals surface area contributed by atoms with E-state index in [4.69, 9.17) is 23.7 Å². The molecule has 0 bridgehead atoms. The maximum atomic E-state index is 12.3. The summed E-state index contributed by atoms with van der Waals surface area (Å²) in [6.07, 6.45) is 1.95. The van der Waals surface area contributed by atoms with Crippen molar-refractivity contribution in [1.29, 1.82) is 0 Å². The zero-order valence-corrected chi connectivity index (χ0v) is 16.0. The molecule has 1 aliphatic heterocycles. The third-order valence-electron chi connectivity index (χ3n) is 4.06. The second-order valence-corrected chi connectivity index (χ2v) is 5.81. The molecule has 1 amide bonds. The molecule has 148 valence electrons. The molecule has 2 rings (SSSR count). The molecule has 1 unspecified atom stereocenters. The van der Waals surface area contributed by atoms with Crippen LogP contribution in [0.1, 0.15) is 12.5 Å². The summed E-state index contributed by atoms with van der Waals surface area (Å²) >= 11 is 0. The molecule has 1 atom stereocenters. The minimum atomic E-state index is -0.861. The number of morpholine rings is 1. The lowest BCUT2D eigenvalue weighted by molar-refractivity contribution is -0.157. The maximum absolute atomic E-state index is 12.3. The van der Waals surface area contributed by atoms with Crippen molar-refractivity contribution in [3.63, 3.8) is 0 Å². The topological polar surface area (TPSA) is 83.5 Å². The quantitative estimate of drug-likeness (QED) is 0.525. The van der Waals surface area contributed by atoms with Crippen molar-refractivity contribution >= 4 is 18.0 Å². The smallest absolute Gasteiger partial charge is 0.331 e. The Morgan fingerprint density at radius 3 is 2.19 bits per heavy atom. The van der Waals surface area contributed by atoms with Crippen molar-refractivity contribution in [1.82, 2.24) is 4.90 Å². The fraction of sp³-hybridized carbons (Fsp3) is 0.474. The van der Waals surface area contributed by atoms with E-state index in [-0.39, 0.29) is 5.91 Å². The van der Waals surface area contributed by atoms with Crippen LogP contribution in [0.2, 0.25) is 0 Å². The van der Waals surface area contributed by atoms with Crippen LogP contribution in [0.3, 0.4) is 0 Å². The number of methoxy groups -OCH3 is 3. The summed E-state index contributed by atoms with van der Waals surface area (Å²) in [6, 6.07) is 3.40. The average molecular weight is 379 g/mol. The van der Waals surface area contributed by atoms with Crippen molar-refractivity contribution in [2.45, 2.75) is 13.0 Å². The zero-order chi connectivity index (χ0) is 19.8. The van der Waals surface area contributed by atoms with Crippen LogP contribution in [0.4, 0.5) is 0 Å². The number of rotatable bonds is 7. The molecular formula is C19H25NO7. The van der Waals surface area contributed by atoms with Gasteiger partial charge in [-0.15, -0.1) is 0 Å². The van der Waals surface area contributed by atoms with Gasteiger partial charge in [0, 0.05) is 19.2 Å². The van der Waals surface area contributed by atoms with Gasteiger partial charge in [0.05, 0.1) is 34.5 Å². The standard InChI is InChI=1S/C19H25NO7/c1-13(19(22)20-7-9-26-10-8-20)27-17(21)6-5-14-11-15(23-2)18(25-4)16(12-14)24-3/h5-6,11-13H,7-10H2,1-4H3/b6-5+. The first-order valence-electron chi connectivity index (χ1n) is 8.55. The Kier molecular flexibility index (Phi) is 7.48. The highest BCUT2D eigenvalue weighted by Crippen LogP contribution is 2.38. The van der Waals surface area contributed by atoms with Crippen molar-refractivity contribution in [2.24, 2.45) is 0 Å². The third kappa shape index (κ3) is 5.37. The SMILES string of the molecule is COc1cc(/C=C/C(=O)OC(C)C(=O)N2CCOCC2)cc(OC)c1OC. The highest BCUT2D eigenvalue weighted by molar-refractivity contribution is 5.90. The minimum absolute atomic E-state index is 0.229. The molecule has 0 saturated carbocycles. The van der Waals surface area contributed by atoms with Gasteiger partial charge in [-0.05, 0) is 30.7 Å². The number of benzene rings is 1. The van der Waals surface area contributed by atoms with Crippen molar-refractivity contribution in [2.75, 3.05) is 47.6 Å². The third-order valence-corrected chi connectivity index (χ3v) is 4.06. The number of carbonyl (C=O) groups is 2. The number of esters is 1. The van der Waals surface area contributed by atoms with Gasteiger partial charge in [0.15, 0.2) is 17.6 Å². The summed E-state index contributed by atoms with van der Waals surface area (Å²) in [7, 11) is 4.54. The first kappa shape index (κ1) is 20.6. The summed E-state index contributed by atoms with van der Waals surface area (Å²) in [5, 5.41) is 0. The highest BCUT2D eigenvalue weighted by atomic mass is 16.5. The largest absolute Gasteiger partial charge is 0.493 e. The fourth-order valence-electron chi connectivity index (χ4n) is 2.67. The van der Waals surface area contributed by atoms with Gasteiger partial charge in [0.2, 0.25) is 5.75 Å². The van der Waals surface area contributed by atoms with Crippen LogP contribution in [0, 0.1) is 0 Å². The summed E-state index contributed by atoms with van der Waals surface area (Å²) < 4.78 is 26.2. The number of amides is 1. The van der Waals surface area contributed by atoms with Gasteiger partial charge in [0.25, 0.3) is 5.91 Å². The van der Waals surface area contributed by atoms with Crippen LogP contribution >= 0.6 is 0 Å². The number of nitrogens with zero attached hydrogens (tertiary/aromatic N) is 1. The normalized spacial score (nSPS) is 15.3. The van der Waals surface area contributed by atoms with Crippen LogP contribution in [-0.4, -0.2) is 70.5 Å². The molecule has 27 heavy (non-hydrogen) atoms. The van der Waals surface area contributed by atoms with Gasteiger partial charge >= 0.3 is 5.97 Å². The average Bonchev–Trinajstić information content (AvgIpc) is 2.71. The number of hydrogen-bond donors (Lipinski definition) is 0. The molecule has 1 aromatic carbocycles. The lowest BCUT2D eigenvalue weighted by Crippen LogP contribution is -2.45. The van der Waals surface area contributed by atoms with Gasteiger partial charge in [0.1, 0.15) is 0 Å². The first-order valence-corrected chi connectivity index (χ1v) is 8.55. The van der Waals surface area contributed by atoms with Gasteiger partial charge in [-0.3, -0.25) is 4.79 Å². The lowest BCUT2D eigenvalue weighted by Gasteiger charge is -2.28. The van der Waals surface area contributed by atoms with Gasteiger partial charge < -0.3 is 28.6 Å². The number of hydrogen-bond acceptors (Lipinski definition) is 7. The Morgan fingerprint density at radius 1 is 1.07 bits per heavy atom. The fourth-order valence-corrected chi connectivity index (χ4v) is 2.67. The van der Waals surface area contributed by atoms with E-state index in [1.54, 1.807) is 30.0 Å². The van der Waals surface area contributed by atoms with Crippen molar-refractivity contribution in [3.8, 4) is 17.2 Å². The second kappa shape index (κ2) is 9.82. The van der Waals surface area contributed by atoms with E-state index in [9.17, 15) is 9.59 Å². The Hall–Kier alpha value is -2.74. The number of ether oxygens (including phenoxy) is 5. The molecule has 0 aromatic heterocycles. The molecule has 1 heterocycles. The monoisotopic (exact) mass is 379 g/mol. The molecule has 1 saturated heterocycles. The van der Waals surface area contributed by atoms with E-state index >= 15 is 0 Å². The van der Waals surface area contributed by atoms with E-state index in [1.165, 1.54) is 27.4 Å². The van der Waals surface area contributed by atoms with Crippen LogP contribution < -0.4 is 14.2 Å². The van der Waals surface area contributed by atoms with Gasteiger partial charge in [-0.25, -0.2) is 4.79 Å². The first-order chi connectivity index (χ1) is 13.0. The van der Waals surface area contributed by atoms with Gasteiger partial charge in [-0.1, -0.05) is 0 Å². The van der Waals surface area contributed by atoms with E-state index in [0.29, 0.717) is 49.1 Å². The summed E-state index contributed by atoms with van der Waals surface area (Å²) in [4.78, 5) is 26.0. The highest BCUT2D eigenvalue weighted by Gasteiger charge is 2.24. The molecular weight excluding hydrogens is 354 g/mol. The molecule has 0 aliphatic carbocycles. The van der Waals surface area contributed by atoms with E-state index in [0.717, 1.165) is 0 Å². The predicted octanol–water partition coefficient (Wildman–Crippen LogP) is 1.52. The zero-order valence-electron chi connectivity index (χ0n) is 16.0.